The van der Waals surface area contributed by atoms with E-state index in [0.717, 1.165) is 37.2 Å². The Hall–Kier alpha value is -1.71. The molecule has 0 bridgehead atoms. The molecule has 0 radical (unpaired) electrons. The monoisotopic (exact) mass is 319 g/mol. The van der Waals surface area contributed by atoms with Crippen LogP contribution in [0.2, 0.25) is 0 Å². The standard InChI is InChI=1S/C19H29NO3/c1-6-7-8-14-9-15-10-17(22-4)18(23-5)11-16(15)12-20(13(2)3)19(14)21/h10-11,13-14H,6-9,12H2,1-5H3. The van der Waals surface area contributed by atoms with Gasteiger partial charge in [-0.25, -0.2) is 0 Å². The second-order valence-corrected chi connectivity index (χ2v) is 6.58. The topological polar surface area (TPSA) is 38.8 Å². The van der Waals surface area contributed by atoms with Gasteiger partial charge in [0.25, 0.3) is 0 Å². The van der Waals surface area contributed by atoms with Crippen LogP contribution < -0.4 is 9.47 Å². The summed E-state index contributed by atoms with van der Waals surface area (Å²) in [5, 5.41) is 0. The number of benzene rings is 1. The van der Waals surface area contributed by atoms with Crippen molar-refractivity contribution in [2.24, 2.45) is 5.92 Å². The van der Waals surface area contributed by atoms with Crippen molar-refractivity contribution in [2.75, 3.05) is 14.2 Å². The van der Waals surface area contributed by atoms with Gasteiger partial charge in [0.15, 0.2) is 11.5 Å². The Bertz CT molecular complexity index is 554. The molecule has 1 atom stereocenters. The highest BCUT2D eigenvalue weighted by atomic mass is 16.5. The lowest BCUT2D eigenvalue weighted by Crippen LogP contribution is -2.39. The third-order valence-electron chi connectivity index (χ3n) is 4.67. The van der Waals surface area contributed by atoms with Crippen molar-refractivity contribution in [3.8, 4) is 11.5 Å². The Labute approximate surface area is 139 Å². The third-order valence-corrected chi connectivity index (χ3v) is 4.67. The number of hydrogen-bond acceptors (Lipinski definition) is 3. The van der Waals surface area contributed by atoms with E-state index in [1.807, 2.05) is 17.0 Å². The van der Waals surface area contributed by atoms with Crippen molar-refractivity contribution in [2.45, 2.75) is 59.0 Å². The minimum atomic E-state index is 0.0664. The molecule has 4 heteroatoms. The van der Waals surface area contributed by atoms with Gasteiger partial charge in [0, 0.05) is 18.5 Å². The number of ether oxygens (including phenoxy) is 2. The summed E-state index contributed by atoms with van der Waals surface area (Å²) in [7, 11) is 3.30. The van der Waals surface area contributed by atoms with Crippen LogP contribution in [0.5, 0.6) is 11.5 Å². The van der Waals surface area contributed by atoms with E-state index in [9.17, 15) is 4.79 Å². The van der Waals surface area contributed by atoms with Gasteiger partial charge in [0.05, 0.1) is 14.2 Å². The molecule has 0 fully saturated rings. The van der Waals surface area contributed by atoms with Crippen molar-refractivity contribution in [1.29, 1.82) is 0 Å². The first-order valence-corrected chi connectivity index (χ1v) is 8.56. The molecule has 1 unspecified atom stereocenters. The second kappa shape index (κ2) is 7.71. The number of methoxy groups -OCH3 is 2. The summed E-state index contributed by atoms with van der Waals surface area (Å²) in [5.74, 6) is 1.82. The minimum Gasteiger partial charge on any atom is -0.493 e. The van der Waals surface area contributed by atoms with Crippen molar-refractivity contribution >= 4 is 5.91 Å². The van der Waals surface area contributed by atoms with Gasteiger partial charge in [-0.05, 0) is 49.9 Å². The van der Waals surface area contributed by atoms with Gasteiger partial charge in [-0.15, -0.1) is 0 Å². The van der Waals surface area contributed by atoms with E-state index < -0.39 is 0 Å². The highest BCUT2D eigenvalue weighted by Gasteiger charge is 2.31. The molecular weight excluding hydrogens is 290 g/mol. The molecule has 0 N–H and O–H groups in total. The zero-order chi connectivity index (χ0) is 17.0. The molecule has 23 heavy (non-hydrogen) atoms. The predicted octanol–water partition coefficient (Wildman–Crippen LogP) is 3.80. The number of carbonyl (C=O) groups excluding carboxylic acids is 1. The van der Waals surface area contributed by atoms with Crippen LogP contribution >= 0.6 is 0 Å². The smallest absolute Gasteiger partial charge is 0.226 e. The number of hydrogen-bond donors (Lipinski definition) is 0. The van der Waals surface area contributed by atoms with Crippen LogP contribution in [-0.2, 0) is 17.8 Å². The molecule has 2 rings (SSSR count). The number of rotatable bonds is 6. The summed E-state index contributed by atoms with van der Waals surface area (Å²) < 4.78 is 10.9. The maximum atomic E-state index is 12.9. The lowest BCUT2D eigenvalue weighted by molar-refractivity contribution is -0.137. The van der Waals surface area contributed by atoms with Crippen LogP contribution in [0.15, 0.2) is 12.1 Å². The quantitative estimate of drug-likeness (QED) is 0.800. The van der Waals surface area contributed by atoms with E-state index in [-0.39, 0.29) is 17.9 Å². The summed E-state index contributed by atoms with van der Waals surface area (Å²) in [6.45, 7) is 6.99. The minimum absolute atomic E-state index is 0.0664. The van der Waals surface area contributed by atoms with Crippen LogP contribution in [-0.4, -0.2) is 31.1 Å². The van der Waals surface area contributed by atoms with E-state index in [1.54, 1.807) is 14.2 Å². The maximum Gasteiger partial charge on any atom is 0.226 e. The van der Waals surface area contributed by atoms with E-state index in [1.165, 1.54) is 11.1 Å². The van der Waals surface area contributed by atoms with Gasteiger partial charge in [0.1, 0.15) is 0 Å². The van der Waals surface area contributed by atoms with Gasteiger partial charge in [-0.2, -0.15) is 0 Å². The van der Waals surface area contributed by atoms with Crippen molar-refractivity contribution in [1.82, 2.24) is 4.90 Å². The SMILES string of the molecule is CCCCC1Cc2cc(OC)c(OC)cc2CN(C(C)C)C1=O. The number of fused-ring (bicyclic) bond motifs is 1. The first-order chi connectivity index (χ1) is 11.0. The molecule has 1 heterocycles. The van der Waals surface area contributed by atoms with Gasteiger partial charge in [-0.3, -0.25) is 4.79 Å². The van der Waals surface area contributed by atoms with Crippen molar-refractivity contribution in [3.05, 3.63) is 23.3 Å². The van der Waals surface area contributed by atoms with E-state index in [0.29, 0.717) is 6.54 Å². The first-order valence-electron chi connectivity index (χ1n) is 8.56. The molecule has 0 spiro atoms. The fraction of sp³-hybridized carbons (Fsp3) is 0.632. The van der Waals surface area contributed by atoms with Gasteiger partial charge in [-0.1, -0.05) is 19.8 Å². The molecule has 4 nitrogen and oxygen atoms in total. The lowest BCUT2D eigenvalue weighted by atomic mass is 9.92. The Kier molecular flexibility index (Phi) is 5.91. The average molecular weight is 319 g/mol. The summed E-state index contributed by atoms with van der Waals surface area (Å²) in [6, 6.07) is 4.27. The normalized spacial score (nSPS) is 17.9. The summed E-state index contributed by atoms with van der Waals surface area (Å²) in [6.07, 6.45) is 3.94. The number of amides is 1. The molecule has 128 valence electrons. The van der Waals surface area contributed by atoms with Crippen LogP contribution in [0.4, 0.5) is 0 Å². The van der Waals surface area contributed by atoms with E-state index >= 15 is 0 Å². The van der Waals surface area contributed by atoms with Gasteiger partial charge < -0.3 is 14.4 Å². The molecule has 1 aliphatic rings. The predicted molar refractivity (Wildman–Crippen MR) is 92.0 cm³/mol. The fourth-order valence-corrected chi connectivity index (χ4v) is 3.26. The maximum absolute atomic E-state index is 12.9. The molecule has 0 saturated carbocycles. The Morgan fingerprint density at radius 1 is 1.17 bits per heavy atom. The lowest BCUT2D eigenvalue weighted by Gasteiger charge is -2.28. The summed E-state index contributed by atoms with van der Waals surface area (Å²) >= 11 is 0. The highest BCUT2D eigenvalue weighted by molar-refractivity contribution is 5.80. The highest BCUT2D eigenvalue weighted by Crippen LogP contribution is 2.35. The average Bonchev–Trinajstić information content (AvgIpc) is 2.68. The molecule has 1 amide bonds. The molecule has 0 aliphatic carbocycles. The Morgan fingerprint density at radius 2 is 1.78 bits per heavy atom. The summed E-state index contributed by atoms with van der Waals surface area (Å²) in [4.78, 5) is 14.9. The first kappa shape index (κ1) is 17.6. The fourth-order valence-electron chi connectivity index (χ4n) is 3.26. The third kappa shape index (κ3) is 3.80. The van der Waals surface area contributed by atoms with Crippen LogP contribution in [0.3, 0.4) is 0 Å². The van der Waals surface area contributed by atoms with Crippen molar-refractivity contribution in [3.63, 3.8) is 0 Å². The number of unbranched alkanes of at least 4 members (excludes halogenated alkanes) is 1. The zero-order valence-electron chi connectivity index (χ0n) is 15.0. The van der Waals surface area contributed by atoms with E-state index in [2.05, 4.69) is 20.8 Å². The van der Waals surface area contributed by atoms with Gasteiger partial charge in [0.2, 0.25) is 5.91 Å². The Morgan fingerprint density at radius 3 is 2.30 bits per heavy atom. The second-order valence-electron chi connectivity index (χ2n) is 6.58. The number of carbonyl (C=O) groups is 1. The van der Waals surface area contributed by atoms with Crippen LogP contribution in [0.25, 0.3) is 0 Å². The molecule has 0 saturated heterocycles. The number of nitrogens with zero attached hydrogens (tertiary/aromatic N) is 1. The molecule has 0 aromatic heterocycles. The van der Waals surface area contributed by atoms with Crippen LogP contribution in [0.1, 0.15) is 51.2 Å². The molecular formula is C19H29NO3. The van der Waals surface area contributed by atoms with Crippen molar-refractivity contribution < 1.29 is 14.3 Å². The van der Waals surface area contributed by atoms with Gasteiger partial charge >= 0.3 is 0 Å². The Balaban J connectivity index is 2.43. The molecule has 1 aromatic rings. The molecule has 1 aromatic carbocycles. The zero-order valence-corrected chi connectivity index (χ0v) is 15.0. The largest absolute Gasteiger partial charge is 0.493 e. The molecule has 1 aliphatic heterocycles. The summed E-state index contributed by atoms with van der Waals surface area (Å²) in [5.41, 5.74) is 2.38. The van der Waals surface area contributed by atoms with Crippen LogP contribution in [0, 0.1) is 5.92 Å². The van der Waals surface area contributed by atoms with E-state index in [4.69, 9.17) is 9.47 Å².